The topological polar surface area (TPSA) is 75.6 Å². The SMILES string of the molecule is CCC1(CC)C(NC(=O)C2CCC(C(=O)O)CC2)C(C)C1OC. The van der Waals surface area contributed by atoms with Gasteiger partial charge in [0.25, 0.3) is 0 Å². The maximum Gasteiger partial charge on any atom is 0.306 e. The van der Waals surface area contributed by atoms with Crippen LogP contribution in [-0.2, 0) is 14.3 Å². The van der Waals surface area contributed by atoms with Crippen LogP contribution in [0, 0.1) is 23.2 Å². The molecule has 0 aromatic rings. The lowest BCUT2D eigenvalue weighted by atomic mass is 9.53. The molecule has 23 heavy (non-hydrogen) atoms. The summed E-state index contributed by atoms with van der Waals surface area (Å²) in [6.45, 7) is 6.47. The molecule has 0 spiro atoms. The first-order valence-corrected chi connectivity index (χ1v) is 8.97. The summed E-state index contributed by atoms with van der Waals surface area (Å²) in [6, 6.07) is 0.159. The van der Waals surface area contributed by atoms with Crippen LogP contribution in [-0.4, -0.2) is 36.2 Å². The molecule has 5 nitrogen and oxygen atoms in total. The van der Waals surface area contributed by atoms with Crippen molar-refractivity contribution >= 4 is 11.9 Å². The number of nitrogens with one attached hydrogen (secondary N) is 1. The van der Waals surface area contributed by atoms with Crippen LogP contribution in [0.1, 0.15) is 59.3 Å². The standard InChI is InChI=1S/C18H31NO4/c1-5-18(6-2)14(11(3)15(18)23-4)19-16(20)12-7-9-13(10-8-12)17(21)22/h11-15H,5-10H2,1-4H3,(H,19,20)(H,21,22). The molecule has 0 aromatic heterocycles. The molecule has 2 rings (SSSR count). The van der Waals surface area contributed by atoms with Crippen molar-refractivity contribution in [1.82, 2.24) is 5.32 Å². The van der Waals surface area contributed by atoms with E-state index in [1.165, 1.54) is 0 Å². The van der Waals surface area contributed by atoms with Crippen LogP contribution in [0.5, 0.6) is 0 Å². The lowest BCUT2D eigenvalue weighted by Gasteiger charge is -2.60. The Labute approximate surface area is 139 Å². The van der Waals surface area contributed by atoms with Crippen molar-refractivity contribution in [2.45, 2.75) is 71.4 Å². The Morgan fingerprint density at radius 2 is 1.65 bits per heavy atom. The number of carbonyl (C=O) groups is 2. The van der Waals surface area contributed by atoms with E-state index in [2.05, 4.69) is 26.1 Å². The minimum atomic E-state index is -0.726. The summed E-state index contributed by atoms with van der Waals surface area (Å²) in [5.74, 6) is -0.614. The third-order valence-corrected chi connectivity index (χ3v) is 6.50. The quantitative estimate of drug-likeness (QED) is 0.787. The number of carboxylic acid groups (broad SMARTS) is 1. The highest BCUT2D eigenvalue weighted by Crippen LogP contribution is 2.52. The zero-order valence-electron chi connectivity index (χ0n) is 14.8. The molecule has 2 aliphatic rings. The average molecular weight is 325 g/mol. The number of carboxylic acids is 1. The normalized spacial score (nSPS) is 36.1. The van der Waals surface area contributed by atoms with Gasteiger partial charge in [0, 0.05) is 30.4 Å². The zero-order valence-corrected chi connectivity index (χ0v) is 14.8. The van der Waals surface area contributed by atoms with E-state index in [1.807, 2.05) is 0 Å². The van der Waals surface area contributed by atoms with Crippen molar-refractivity contribution < 1.29 is 19.4 Å². The van der Waals surface area contributed by atoms with Gasteiger partial charge in [-0.15, -0.1) is 0 Å². The molecule has 0 aromatic carbocycles. The van der Waals surface area contributed by atoms with Gasteiger partial charge >= 0.3 is 5.97 Å². The van der Waals surface area contributed by atoms with Gasteiger partial charge in [-0.3, -0.25) is 9.59 Å². The second-order valence-electron chi connectivity index (χ2n) is 7.33. The smallest absolute Gasteiger partial charge is 0.306 e. The fourth-order valence-electron chi connectivity index (χ4n) is 4.97. The summed E-state index contributed by atoms with van der Waals surface area (Å²) in [7, 11) is 1.76. The predicted molar refractivity (Wildman–Crippen MR) is 88.0 cm³/mol. The van der Waals surface area contributed by atoms with Crippen molar-refractivity contribution in [3.8, 4) is 0 Å². The number of methoxy groups -OCH3 is 1. The highest BCUT2D eigenvalue weighted by atomic mass is 16.5. The van der Waals surface area contributed by atoms with Crippen LogP contribution in [0.2, 0.25) is 0 Å². The molecule has 2 fully saturated rings. The summed E-state index contributed by atoms with van der Waals surface area (Å²) >= 11 is 0. The lowest BCUT2D eigenvalue weighted by Crippen LogP contribution is -2.70. The van der Waals surface area contributed by atoms with Crippen LogP contribution in [0.15, 0.2) is 0 Å². The fraction of sp³-hybridized carbons (Fsp3) is 0.889. The predicted octanol–water partition coefficient (Wildman–Crippen LogP) is 2.83. The van der Waals surface area contributed by atoms with E-state index in [9.17, 15) is 9.59 Å². The highest BCUT2D eigenvalue weighted by molar-refractivity contribution is 5.80. The first kappa shape index (κ1) is 18.2. The maximum atomic E-state index is 12.6. The van der Waals surface area contributed by atoms with Crippen molar-refractivity contribution in [2.75, 3.05) is 7.11 Å². The number of aliphatic carboxylic acids is 1. The van der Waals surface area contributed by atoms with E-state index >= 15 is 0 Å². The molecule has 0 aliphatic heterocycles. The molecular formula is C18H31NO4. The zero-order chi connectivity index (χ0) is 17.2. The fourth-order valence-corrected chi connectivity index (χ4v) is 4.97. The Hall–Kier alpha value is -1.10. The van der Waals surface area contributed by atoms with Gasteiger partial charge in [0.15, 0.2) is 0 Å². The Morgan fingerprint density at radius 1 is 1.13 bits per heavy atom. The number of rotatable bonds is 6. The van der Waals surface area contributed by atoms with Crippen molar-refractivity contribution in [3.63, 3.8) is 0 Å². The molecule has 3 unspecified atom stereocenters. The Morgan fingerprint density at radius 3 is 2.09 bits per heavy atom. The molecular weight excluding hydrogens is 294 g/mol. The molecule has 2 N–H and O–H groups in total. The molecule has 3 atom stereocenters. The van der Waals surface area contributed by atoms with Crippen LogP contribution in [0.25, 0.3) is 0 Å². The van der Waals surface area contributed by atoms with Crippen LogP contribution >= 0.6 is 0 Å². The van der Waals surface area contributed by atoms with E-state index in [0.717, 1.165) is 12.8 Å². The molecule has 132 valence electrons. The van der Waals surface area contributed by atoms with Gasteiger partial charge in [-0.25, -0.2) is 0 Å². The minimum Gasteiger partial charge on any atom is -0.481 e. The third kappa shape index (κ3) is 3.12. The van der Waals surface area contributed by atoms with Gasteiger partial charge < -0.3 is 15.2 Å². The molecule has 1 amide bonds. The maximum absolute atomic E-state index is 12.6. The van der Waals surface area contributed by atoms with Crippen molar-refractivity contribution in [3.05, 3.63) is 0 Å². The molecule has 0 radical (unpaired) electrons. The molecule has 0 bridgehead atoms. The van der Waals surface area contributed by atoms with Gasteiger partial charge in [0.1, 0.15) is 0 Å². The van der Waals surface area contributed by atoms with Crippen LogP contribution in [0.3, 0.4) is 0 Å². The van der Waals surface area contributed by atoms with Gasteiger partial charge in [0.05, 0.1) is 12.0 Å². The van der Waals surface area contributed by atoms with Crippen LogP contribution < -0.4 is 5.32 Å². The average Bonchev–Trinajstić information content (AvgIpc) is 2.56. The van der Waals surface area contributed by atoms with Gasteiger partial charge in [-0.1, -0.05) is 20.8 Å². The second-order valence-corrected chi connectivity index (χ2v) is 7.33. The highest BCUT2D eigenvalue weighted by Gasteiger charge is 2.59. The van der Waals surface area contributed by atoms with E-state index in [-0.39, 0.29) is 35.3 Å². The van der Waals surface area contributed by atoms with E-state index < -0.39 is 5.97 Å². The Balaban J connectivity index is 1.96. The Bertz CT molecular complexity index is 438. The summed E-state index contributed by atoms with van der Waals surface area (Å²) in [5.41, 5.74) is 0.0299. The molecule has 0 heterocycles. The first-order chi connectivity index (χ1) is 10.9. The monoisotopic (exact) mass is 325 g/mol. The van der Waals surface area contributed by atoms with E-state index in [0.29, 0.717) is 31.6 Å². The van der Waals surface area contributed by atoms with E-state index in [1.54, 1.807) is 7.11 Å². The van der Waals surface area contributed by atoms with Crippen molar-refractivity contribution in [1.29, 1.82) is 0 Å². The van der Waals surface area contributed by atoms with Crippen molar-refractivity contribution in [2.24, 2.45) is 23.2 Å². The number of hydrogen-bond acceptors (Lipinski definition) is 3. The van der Waals surface area contributed by atoms with Gasteiger partial charge in [-0.05, 0) is 38.5 Å². The summed E-state index contributed by atoms with van der Waals surface area (Å²) in [6.07, 6.45) is 4.77. The minimum absolute atomic E-state index is 0.0299. The third-order valence-electron chi connectivity index (χ3n) is 6.50. The number of carbonyl (C=O) groups excluding carboxylic acids is 1. The Kier molecular flexibility index (Phi) is 5.71. The first-order valence-electron chi connectivity index (χ1n) is 8.97. The van der Waals surface area contributed by atoms with E-state index in [4.69, 9.17) is 9.84 Å². The summed E-state index contributed by atoms with van der Waals surface area (Å²) in [4.78, 5) is 23.7. The van der Waals surface area contributed by atoms with Crippen LogP contribution in [0.4, 0.5) is 0 Å². The number of hydrogen-bond donors (Lipinski definition) is 2. The molecule has 0 saturated heterocycles. The van der Waals surface area contributed by atoms with Gasteiger partial charge in [-0.2, -0.15) is 0 Å². The number of ether oxygens (including phenoxy) is 1. The summed E-state index contributed by atoms with van der Waals surface area (Å²) in [5, 5.41) is 12.3. The van der Waals surface area contributed by atoms with Gasteiger partial charge in [0.2, 0.25) is 5.91 Å². The molecule has 5 heteroatoms. The lowest BCUT2D eigenvalue weighted by molar-refractivity contribution is -0.174. The second kappa shape index (κ2) is 7.20. The summed E-state index contributed by atoms with van der Waals surface area (Å²) < 4.78 is 5.68. The molecule has 2 saturated carbocycles. The molecule has 2 aliphatic carbocycles. The largest absolute Gasteiger partial charge is 0.481 e. The number of amides is 1.